The van der Waals surface area contributed by atoms with Crippen molar-refractivity contribution in [1.82, 2.24) is 19.8 Å². The molecule has 1 unspecified atom stereocenters. The molecule has 1 aliphatic heterocycles. The van der Waals surface area contributed by atoms with Crippen LogP contribution in [0.1, 0.15) is 49.4 Å². The second kappa shape index (κ2) is 8.90. The molecule has 32 heavy (non-hydrogen) atoms. The number of aromatic nitrogens is 2. The van der Waals surface area contributed by atoms with Gasteiger partial charge >= 0.3 is 0 Å². The average molecular weight is 446 g/mol. The van der Waals surface area contributed by atoms with Crippen LogP contribution in [0.25, 0.3) is 11.4 Å². The number of imidazole rings is 1. The van der Waals surface area contributed by atoms with Gasteiger partial charge in [0, 0.05) is 26.2 Å². The van der Waals surface area contributed by atoms with Crippen molar-refractivity contribution in [3.63, 3.8) is 0 Å². The van der Waals surface area contributed by atoms with Gasteiger partial charge in [-0.1, -0.05) is 26.8 Å². The quantitative estimate of drug-likeness (QED) is 0.737. The third-order valence-corrected chi connectivity index (χ3v) is 6.07. The van der Waals surface area contributed by atoms with Gasteiger partial charge in [-0.25, -0.2) is 9.37 Å². The minimum Gasteiger partial charge on any atom is -0.496 e. The van der Waals surface area contributed by atoms with E-state index in [0.717, 1.165) is 0 Å². The highest BCUT2D eigenvalue weighted by atomic mass is 19.1. The van der Waals surface area contributed by atoms with Crippen molar-refractivity contribution in [2.24, 2.45) is 17.1 Å². The van der Waals surface area contributed by atoms with E-state index in [9.17, 15) is 9.59 Å². The van der Waals surface area contributed by atoms with Crippen LogP contribution in [0.3, 0.4) is 0 Å². The zero-order valence-corrected chi connectivity index (χ0v) is 19.5. The first-order chi connectivity index (χ1) is 15.0. The van der Waals surface area contributed by atoms with Gasteiger partial charge in [0.1, 0.15) is 17.4 Å². The molecule has 0 aliphatic carbocycles. The number of ether oxygens (including phenoxy) is 1. The first-order valence-electron chi connectivity index (χ1n) is 10.6. The SMILES string of the molecule is CNC(=O)[C@H](C1CCN(C)Cc2c(C(N)=O)nc(-c3c(F)cccc3OC)n21)C(C)(C)C. The number of hydrogen-bond donors (Lipinski definition) is 2. The summed E-state index contributed by atoms with van der Waals surface area (Å²) in [6, 6.07) is 4.13. The Labute approximate surface area is 187 Å². The smallest absolute Gasteiger partial charge is 0.269 e. The van der Waals surface area contributed by atoms with Crippen LogP contribution in [0, 0.1) is 17.2 Å². The Bertz CT molecular complexity index is 1030. The van der Waals surface area contributed by atoms with E-state index in [-0.39, 0.29) is 34.8 Å². The molecule has 2 atom stereocenters. The molecule has 2 amide bonds. The number of carbonyl (C=O) groups excluding carboxylic acids is 2. The molecule has 2 aromatic rings. The molecule has 3 rings (SSSR count). The van der Waals surface area contributed by atoms with Crippen molar-refractivity contribution in [3.8, 4) is 17.1 Å². The zero-order valence-electron chi connectivity index (χ0n) is 19.5. The van der Waals surface area contributed by atoms with Crippen LogP contribution in [-0.4, -0.2) is 54.0 Å². The average Bonchev–Trinajstić information content (AvgIpc) is 2.99. The number of nitrogens with two attached hydrogens (primary N) is 1. The summed E-state index contributed by atoms with van der Waals surface area (Å²) in [6.07, 6.45) is 0.608. The summed E-state index contributed by atoms with van der Waals surface area (Å²) in [6.45, 7) is 7.06. The predicted molar refractivity (Wildman–Crippen MR) is 120 cm³/mol. The Morgan fingerprint density at radius 3 is 2.59 bits per heavy atom. The van der Waals surface area contributed by atoms with Gasteiger partial charge in [-0.05, 0) is 31.0 Å². The van der Waals surface area contributed by atoms with Crippen molar-refractivity contribution in [2.75, 3.05) is 27.7 Å². The van der Waals surface area contributed by atoms with E-state index in [1.54, 1.807) is 19.2 Å². The fourth-order valence-corrected chi connectivity index (χ4v) is 4.67. The molecule has 0 spiro atoms. The lowest BCUT2D eigenvalue weighted by Crippen LogP contribution is -2.42. The van der Waals surface area contributed by atoms with Crippen LogP contribution in [0.15, 0.2) is 18.2 Å². The lowest BCUT2D eigenvalue weighted by atomic mass is 9.74. The lowest BCUT2D eigenvalue weighted by molar-refractivity contribution is -0.129. The van der Waals surface area contributed by atoms with Crippen molar-refractivity contribution >= 4 is 11.8 Å². The molecule has 0 radical (unpaired) electrons. The molecule has 0 fully saturated rings. The number of carbonyl (C=O) groups is 2. The fourth-order valence-electron chi connectivity index (χ4n) is 4.67. The van der Waals surface area contributed by atoms with E-state index in [0.29, 0.717) is 25.2 Å². The largest absolute Gasteiger partial charge is 0.496 e. The molecule has 8 nitrogen and oxygen atoms in total. The third-order valence-electron chi connectivity index (χ3n) is 6.07. The van der Waals surface area contributed by atoms with Crippen LogP contribution in [0.4, 0.5) is 4.39 Å². The highest BCUT2D eigenvalue weighted by molar-refractivity contribution is 5.93. The van der Waals surface area contributed by atoms with Gasteiger partial charge < -0.3 is 25.3 Å². The van der Waals surface area contributed by atoms with Gasteiger partial charge in [-0.15, -0.1) is 0 Å². The maximum atomic E-state index is 15.1. The second-order valence-corrected chi connectivity index (χ2v) is 9.33. The third kappa shape index (κ3) is 4.21. The summed E-state index contributed by atoms with van der Waals surface area (Å²) in [7, 11) is 4.99. The second-order valence-electron chi connectivity index (χ2n) is 9.33. The highest BCUT2D eigenvalue weighted by Gasteiger charge is 2.42. The molecule has 2 heterocycles. The van der Waals surface area contributed by atoms with Gasteiger partial charge in [-0.3, -0.25) is 9.59 Å². The van der Waals surface area contributed by atoms with E-state index >= 15 is 4.39 Å². The van der Waals surface area contributed by atoms with Crippen molar-refractivity contribution in [3.05, 3.63) is 35.4 Å². The Morgan fingerprint density at radius 2 is 2.03 bits per heavy atom. The molecule has 3 N–H and O–H groups in total. The normalized spacial score (nSPS) is 17.9. The van der Waals surface area contributed by atoms with Crippen LogP contribution in [0.5, 0.6) is 5.75 Å². The lowest BCUT2D eigenvalue weighted by Gasteiger charge is -2.37. The van der Waals surface area contributed by atoms with Crippen LogP contribution < -0.4 is 15.8 Å². The summed E-state index contributed by atoms with van der Waals surface area (Å²) < 4.78 is 22.4. The summed E-state index contributed by atoms with van der Waals surface area (Å²) in [5.41, 5.74) is 6.06. The maximum Gasteiger partial charge on any atom is 0.269 e. The summed E-state index contributed by atoms with van der Waals surface area (Å²) in [4.78, 5) is 32.0. The summed E-state index contributed by atoms with van der Waals surface area (Å²) >= 11 is 0. The molecular weight excluding hydrogens is 413 g/mol. The number of methoxy groups -OCH3 is 1. The van der Waals surface area contributed by atoms with Gasteiger partial charge in [-0.2, -0.15) is 0 Å². The Kier molecular flexibility index (Phi) is 6.59. The van der Waals surface area contributed by atoms with E-state index in [1.165, 1.54) is 13.2 Å². The number of halogens is 1. The van der Waals surface area contributed by atoms with E-state index in [4.69, 9.17) is 10.5 Å². The number of fused-ring (bicyclic) bond motifs is 1. The fraction of sp³-hybridized carbons (Fsp3) is 0.522. The van der Waals surface area contributed by atoms with E-state index in [1.807, 2.05) is 37.3 Å². The molecule has 9 heteroatoms. The maximum absolute atomic E-state index is 15.1. The molecule has 1 aromatic carbocycles. The van der Waals surface area contributed by atoms with Gasteiger partial charge in [0.2, 0.25) is 5.91 Å². The first kappa shape index (κ1) is 23.7. The highest BCUT2D eigenvalue weighted by Crippen LogP contribution is 2.44. The number of rotatable bonds is 5. The van der Waals surface area contributed by atoms with E-state index in [2.05, 4.69) is 10.3 Å². The van der Waals surface area contributed by atoms with Gasteiger partial charge in [0.05, 0.1) is 24.3 Å². The minimum absolute atomic E-state index is 0.0774. The van der Waals surface area contributed by atoms with Crippen molar-refractivity contribution in [2.45, 2.75) is 39.8 Å². The topological polar surface area (TPSA) is 102 Å². The number of amides is 2. The molecule has 1 aliphatic rings. The van der Waals surface area contributed by atoms with E-state index < -0.39 is 23.1 Å². The van der Waals surface area contributed by atoms with Gasteiger partial charge in [0.15, 0.2) is 5.69 Å². The Hall–Kier alpha value is -2.94. The molecule has 174 valence electrons. The van der Waals surface area contributed by atoms with Crippen molar-refractivity contribution in [1.29, 1.82) is 0 Å². The summed E-state index contributed by atoms with van der Waals surface area (Å²) in [5, 5.41) is 2.78. The molecular formula is C23H32FN5O3. The number of hydrogen-bond acceptors (Lipinski definition) is 5. The van der Waals surface area contributed by atoms with Gasteiger partial charge in [0.25, 0.3) is 5.91 Å². The monoisotopic (exact) mass is 445 g/mol. The Balaban J connectivity index is 2.40. The Morgan fingerprint density at radius 1 is 1.34 bits per heavy atom. The first-order valence-corrected chi connectivity index (χ1v) is 10.6. The predicted octanol–water partition coefficient (Wildman–Crippen LogP) is 2.58. The molecule has 0 saturated heterocycles. The number of primary amides is 1. The number of nitrogens with one attached hydrogen (secondary N) is 1. The van der Waals surface area contributed by atoms with Crippen LogP contribution in [-0.2, 0) is 11.3 Å². The molecule has 1 aromatic heterocycles. The van der Waals surface area contributed by atoms with Crippen LogP contribution in [0.2, 0.25) is 0 Å². The number of nitrogens with zero attached hydrogens (tertiary/aromatic N) is 3. The standard InChI is InChI=1S/C23H32FN5O3/c1-23(2,3)18(22(31)26-4)14-10-11-28(5)12-15-19(20(25)30)27-21(29(14)15)17-13(24)8-7-9-16(17)32-6/h7-9,14,18H,10-12H2,1-6H3,(H2,25,30)(H,26,31)/t14?,18-/m0/s1. The van der Waals surface area contributed by atoms with Crippen LogP contribution >= 0.6 is 0 Å². The minimum atomic E-state index is -0.698. The molecule has 0 saturated carbocycles. The molecule has 0 bridgehead atoms. The summed E-state index contributed by atoms with van der Waals surface area (Å²) in [5.74, 6) is -1.30. The number of benzene rings is 1. The van der Waals surface area contributed by atoms with Crippen molar-refractivity contribution < 1.29 is 18.7 Å². The zero-order chi connectivity index (χ0) is 23.8.